The SMILES string of the molecule is O=C(NC(=NCCc1cnc[nH]1)Nc1cccc(-c2ccccc2)c1)c1ccc(Cl)c(Br)c1. The van der Waals surface area contributed by atoms with E-state index in [0.717, 1.165) is 22.5 Å². The normalized spacial score (nSPS) is 11.3. The molecule has 1 heterocycles. The van der Waals surface area contributed by atoms with E-state index in [-0.39, 0.29) is 5.91 Å². The first kappa shape index (κ1) is 22.8. The first-order valence-electron chi connectivity index (χ1n) is 10.3. The largest absolute Gasteiger partial charge is 0.348 e. The molecule has 166 valence electrons. The summed E-state index contributed by atoms with van der Waals surface area (Å²) in [7, 11) is 0. The Bertz CT molecular complexity index is 1260. The number of carbonyl (C=O) groups excluding carboxylic acids is 1. The molecule has 0 saturated carbocycles. The molecular formula is C25H21BrClN5O. The van der Waals surface area contributed by atoms with Crippen molar-refractivity contribution < 1.29 is 4.79 Å². The summed E-state index contributed by atoms with van der Waals surface area (Å²) in [6.45, 7) is 0.466. The van der Waals surface area contributed by atoms with Crippen LogP contribution in [0.4, 0.5) is 5.69 Å². The predicted octanol–water partition coefficient (Wildman–Crippen LogP) is 5.93. The number of guanidine groups is 1. The number of nitrogens with one attached hydrogen (secondary N) is 3. The van der Waals surface area contributed by atoms with E-state index in [1.54, 1.807) is 30.7 Å². The molecule has 0 atom stereocenters. The lowest BCUT2D eigenvalue weighted by atomic mass is 10.1. The van der Waals surface area contributed by atoms with Crippen LogP contribution in [-0.4, -0.2) is 28.4 Å². The highest BCUT2D eigenvalue weighted by Gasteiger charge is 2.12. The molecule has 3 N–H and O–H groups in total. The van der Waals surface area contributed by atoms with Crippen LogP contribution in [0.1, 0.15) is 16.1 Å². The molecule has 0 aliphatic heterocycles. The second-order valence-corrected chi connectivity index (χ2v) is 8.47. The highest BCUT2D eigenvalue weighted by molar-refractivity contribution is 9.10. The monoisotopic (exact) mass is 521 g/mol. The van der Waals surface area contributed by atoms with Crippen LogP contribution in [-0.2, 0) is 6.42 Å². The van der Waals surface area contributed by atoms with Gasteiger partial charge in [-0.15, -0.1) is 0 Å². The summed E-state index contributed by atoms with van der Waals surface area (Å²) in [6.07, 6.45) is 4.06. The molecule has 0 fully saturated rings. The number of imidazole rings is 1. The van der Waals surface area contributed by atoms with Crippen molar-refractivity contribution in [3.8, 4) is 11.1 Å². The molecule has 3 aromatic carbocycles. The molecule has 0 unspecified atom stereocenters. The number of halogens is 2. The van der Waals surface area contributed by atoms with Gasteiger partial charge in [-0.3, -0.25) is 15.1 Å². The lowest BCUT2D eigenvalue weighted by Gasteiger charge is -2.13. The Morgan fingerprint density at radius 2 is 1.85 bits per heavy atom. The van der Waals surface area contributed by atoms with Gasteiger partial charge < -0.3 is 10.3 Å². The van der Waals surface area contributed by atoms with Crippen LogP contribution < -0.4 is 10.6 Å². The van der Waals surface area contributed by atoms with Crippen molar-refractivity contribution in [1.29, 1.82) is 0 Å². The van der Waals surface area contributed by atoms with Gasteiger partial charge in [0.25, 0.3) is 5.91 Å². The zero-order valence-electron chi connectivity index (χ0n) is 17.6. The van der Waals surface area contributed by atoms with Crippen molar-refractivity contribution >= 4 is 45.1 Å². The van der Waals surface area contributed by atoms with Gasteiger partial charge in [-0.25, -0.2) is 4.98 Å². The molecule has 8 heteroatoms. The molecule has 4 rings (SSSR count). The topological polar surface area (TPSA) is 82.2 Å². The Hall–Kier alpha value is -3.42. The van der Waals surface area contributed by atoms with E-state index in [4.69, 9.17) is 11.6 Å². The fourth-order valence-electron chi connectivity index (χ4n) is 3.18. The Kier molecular flexibility index (Phi) is 7.55. The highest BCUT2D eigenvalue weighted by Crippen LogP contribution is 2.24. The van der Waals surface area contributed by atoms with Gasteiger partial charge in [0.1, 0.15) is 0 Å². The van der Waals surface area contributed by atoms with Crippen molar-refractivity contribution in [3.05, 3.63) is 106 Å². The molecule has 33 heavy (non-hydrogen) atoms. The standard InChI is InChI=1S/C25H21BrClN5O/c26-22-14-19(9-10-23(22)27)24(33)32-25(29-12-11-21-15-28-16-30-21)31-20-8-4-7-18(13-20)17-5-2-1-3-6-17/h1-10,13-16H,11-12H2,(H,28,30)(H2,29,31,32,33). The number of nitrogens with zero attached hydrogens (tertiary/aromatic N) is 2. The van der Waals surface area contributed by atoms with Gasteiger partial charge in [-0.2, -0.15) is 0 Å². The Morgan fingerprint density at radius 3 is 2.61 bits per heavy atom. The number of benzene rings is 3. The average Bonchev–Trinajstić information content (AvgIpc) is 3.35. The van der Waals surface area contributed by atoms with Gasteiger partial charge in [0.15, 0.2) is 0 Å². The van der Waals surface area contributed by atoms with Crippen molar-refractivity contribution in [1.82, 2.24) is 15.3 Å². The minimum absolute atomic E-state index is 0.292. The number of H-pyrrole nitrogens is 1. The maximum absolute atomic E-state index is 12.9. The minimum Gasteiger partial charge on any atom is -0.348 e. The van der Waals surface area contributed by atoms with E-state index in [2.05, 4.69) is 53.7 Å². The molecule has 0 aliphatic carbocycles. The maximum Gasteiger partial charge on any atom is 0.257 e. The second kappa shape index (κ2) is 10.9. The quantitative estimate of drug-likeness (QED) is 0.217. The molecule has 0 radical (unpaired) electrons. The van der Waals surface area contributed by atoms with Crippen molar-refractivity contribution in [2.45, 2.75) is 6.42 Å². The molecule has 0 spiro atoms. The van der Waals surface area contributed by atoms with E-state index >= 15 is 0 Å². The Labute approximate surface area is 205 Å². The number of aromatic nitrogens is 2. The Morgan fingerprint density at radius 1 is 1.03 bits per heavy atom. The van der Waals surface area contributed by atoms with E-state index < -0.39 is 0 Å². The molecule has 0 saturated heterocycles. The highest BCUT2D eigenvalue weighted by atomic mass is 79.9. The first-order valence-corrected chi connectivity index (χ1v) is 11.5. The van der Waals surface area contributed by atoms with Crippen LogP contribution in [0.3, 0.4) is 0 Å². The number of hydrogen-bond donors (Lipinski definition) is 3. The summed E-state index contributed by atoms with van der Waals surface area (Å²) >= 11 is 9.42. The summed E-state index contributed by atoms with van der Waals surface area (Å²) in [5.74, 6) is 0.0650. The van der Waals surface area contributed by atoms with E-state index in [1.165, 1.54) is 0 Å². The number of aliphatic imine (C=N–C) groups is 1. The van der Waals surface area contributed by atoms with E-state index in [1.807, 2.05) is 42.5 Å². The van der Waals surface area contributed by atoms with Crippen LogP contribution in [0.2, 0.25) is 5.02 Å². The van der Waals surface area contributed by atoms with Crippen molar-refractivity contribution in [3.63, 3.8) is 0 Å². The zero-order valence-corrected chi connectivity index (χ0v) is 19.9. The predicted molar refractivity (Wildman–Crippen MR) is 137 cm³/mol. The summed E-state index contributed by atoms with van der Waals surface area (Å²) < 4.78 is 0.651. The van der Waals surface area contributed by atoms with Crippen LogP contribution >= 0.6 is 27.5 Å². The van der Waals surface area contributed by atoms with Gasteiger partial charge in [0.2, 0.25) is 5.96 Å². The summed E-state index contributed by atoms with van der Waals surface area (Å²) in [5.41, 5.74) is 4.41. The fourth-order valence-corrected chi connectivity index (χ4v) is 3.68. The summed E-state index contributed by atoms with van der Waals surface area (Å²) in [4.78, 5) is 24.6. The Balaban J connectivity index is 1.54. The number of carbonyl (C=O) groups is 1. The molecular weight excluding hydrogens is 502 g/mol. The molecule has 0 aliphatic rings. The van der Waals surface area contributed by atoms with Crippen LogP contribution in [0.5, 0.6) is 0 Å². The van der Waals surface area contributed by atoms with Crippen molar-refractivity contribution in [2.75, 3.05) is 11.9 Å². The third kappa shape index (κ3) is 6.31. The van der Waals surface area contributed by atoms with E-state index in [0.29, 0.717) is 34.0 Å². The lowest BCUT2D eigenvalue weighted by molar-refractivity contribution is 0.0977. The number of rotatable bonds is 6. The average molecular weight is 523 g/mol. The second-order valence-electron chi connectivity index (χ2n) is 7.21. The minimum atomic E-state index is -0.292. The third-order valence-corrected chi connectivity index (χ3v) is 6.07. The molecule has 4 aromatic rings. The smallest absolute Gasteiger partial charge is 0.257 e. The van der Waals surface area contributed by atoms with Gasteiger partial charge in [-0.05, 0) is 57.4 Å². The van der Waals surface area contributed by atoms with Gasteiger partial charge in [0.05, 0.1) is 11.3 Å². The number of amides is 1. The molecule has 1 amide bonds. The van der Waals surface area contributed by atoms with Crippen LogP contribution in [0.15, 0.2) is 94.8 Å². The van der Waals surface area contributed by atoms with Crippen molar-refractivity contribution in [2.24, 2.45) is 4.99 Å². The number of anilines is 1. The van der Waals surface area contributed by atoms with Gasteiger partial charge in [0, 0.05) is 40.6 Å². The summed E-state index contributed by atoms with van der Waals surface area (Å²) in [6, 6.07) is 23.1. The maximum atomic E-state index is 12.9. The lowest BCUT2D eigenvalue weighted by Crippen LogP contribution is -2.36. The molecule has 6 nitrogen and oxygen atoms in total. The molecule has 1 aromatic heterocycles. The van der Waals surface area contributed by atoms with E-state index in [9.17, 15) is 4.79 Å². The third-order valence-electron chi connectivity index (χ3n) is 4.85. The van der Waals surface area contributed by atoms with Crippen LogP contribution in [0, 0.1) is 0 Å². The first-order chi connectivity index (χ1) is 16.1. The van der Waals surface area contributed by atoms with Crippen LogP contribution in [0.25, 0.3) is 11.1 Å². The zero-order chi connectivity index (χ0) is 23.0. The van der Waals surface area contributed by atoms with Gasteiger partial charge >= 0.3 is 0 Å². The number of hydrogen-bond acceptors (Lipinski definition) is 3. The van der Waals surface area contributed by atoms with Gasteiger partial charge in [-0.1, -0.05) is 54.1 Å². The summed E-state index contributed by atoms with van der Waals surface area (Å²) in [5, 5.41) is 6.67. The molecule has 0 bridgehead atoms. The fraction of sp³-hybridized carbons (Fsp3) is 0.0800. The number of aromatic amines is 1.